The minimum Gasteiger partial charge on any atom is -0.383 e. The van der Waals surface area contributed by atoms with Crippen molar-refractivity contribution in [2.45, 2.75) is 6.92 Å². The minimum absolute atomic E-state index is 0.258. The van der Waals surface area contributed by atoms with E-state index in [4.69, 9.17) is 5.73 Å². The molecule has 2 aromatic heterocycles. The van der Waals surface area contributed by atoms with Gasteiger partial charge in [-0.1, -0.05) is 18.2 Å². The Labute approximate surface area is 116 Å². The number of rotatable bonds is 1. The number of pyridine rings is 2. The number of nitrogens with two attached hydrogens (primary N) is 1. The summed E-state index contributed by atoms with van der Waals surface area (Å²) in [5.41, 5.74) is 9.86. The molecule has 20 heavy (non-hydrogen) atoms. The number of benzene rings is 1. The van der Waals surface area contributed by atoms with Crippen LogP contribution in [0.15, 0.2) is 42.7 Å². The van der Waals surface area contributed by atoms with Crippen molar-refractivity contribution in [1.29, 1.82) is 5.26 Å². The highest BCUT2D eigenvalue weighted by Gasteiger charge is 2.14. The van der Waals surface area contributed by atoms with Gasteiger partial charge in [0.1, 0.15) is 17.5 Å². The van der Waals surface area contributed by atoms with E-state index >= 15 is 0 Å². The van der Waals surface area contributed by atoms with Crippen LogP contribution < -0.4 is 5.73 Å². The van der Waals surface area contributed by atoms with E-state index in [1.54, 1.807) is 12.4 Å². The van der Waals surface area contributed by atoms with Gasteiger partial charge in [-0.3, -0.25) is 4.98 Å². The van der Waals surface area contributed by atoms with Crippen molar-refractivity contribution in [2.24, 2.45) is 0 Å². The number of aryl methyl sites for hydroxylation is 1. The van der Waals surface area contributed by atoms with Gasteiger partial charge in [-0.2, -0.15) is 5.26 Å². The fourth-order valence-electron chi connectivity index (χ4n) is 2.39. The lowest BCUT2D eigenvalue weighted by molar-refractivity contribution is 1.26. The molecule has 2 heterocycles. The molecule has 0 aliphatic carbocycles. The quantitative estimate of drug-likeness (QED) is 0.729. The van der Waals surface area contributed by atoms with Gasteiger partial charge in [0.25, 0.3) is 0 Å². The van der Waals surface area contributed by atoms with Crippen molar-refractivity contribution >= 4 is 16.7 Å². The highest BCUT2D eigenvalue weighted by molar-refractivity contribution is 5.97. The Kier molecular flexibility index (Phi) is 2.81. The van der Waals surface area contributed by atoms with Crippen LogP contribution in [0.4, 0.5) is 5.82 Å². The van der Waals surface area contributed by atoms with Crippen LogP contribution in [-0.2, 0) is 0 Å². The van der Waals surface area contributed by atoms with Crippen molar-refractivity contribution in [3.8, 4) is 17.2 Å². The Morgan fingerprint density at radius 3 is 2.75 bits per heavy atom. The summed E-state index contributed by atoms with van der Waals surface area (Å²) in [5, 5.41) is 10.4. The standard InChI is InChI=1S/C16H12N4/c1-10-9-20-16(18)13(8-17)15(10)12-6-7-19-14-5-3-2-4-11(12)14/h2-7,9H,1H3,(H2,18,20). The van der Waals surface area contributed by atoms with E-state index in [9.17, 15) is 5.26 Å². The first kappa shape index (κ1) is 12.1. The number of aromatic nitrogens is 2. The topological polar surface area (TPSA) is 75.6 Å². The van der Waals surface area contributed by atoms with Gasteiger partial charge in [-0.25, -0.2) is 4.98 Å². The largest absolute Gasteiger partial charge is 0.383 e. The fourth-order valence-corrected chi connectivity index (χ4v) is 2.39. The van der Waals surface area contributed by atoms with Crippen molar-refractivity contribution in [3.63, 3.8) is 0 Å². The van der Waals surface area contributed by atoms with Crippen molar-refractivity contribution in [2.75, 3.05) is 5.73 Å². The minimum atomic E-state index is 0.258. The van der Waals surface area contributed by atoms with E-state index in [2.05, 4.69) is 16.0 Å². The van der Waals surface area contributed by atoms with Crippen LogP contribution in [0.5, 0.6) is 0 Å². The fraction of sp³-hybridized carbons (Fsp3) is 0.0625. The molecule has 4 heteroatoms. The van der Waals surface area contributed by atoms with Gasteiger partial charge >= 0.3 is 0 Å². The lowest BCUT2D eigenvalue weighted by Gasteiger charge is -2.12. The van der Waals surface area contributed by atoms with Gasteiger partial charge in [-0.05, 0) is 30.2 Å². The Morgan fingerprint density at radius 1 is 1.15 bits per heavy atom. The molecule has 0 radical (unpaired) electrons. The lowest BCUT2D eigenvalue weighted by atomic mass is 9.94. The molecule has 0 saturated carbocycles. The lowest BCUT2D eigenvalue weighted by Crippen LogP contribution is -2.00. The number of nitrogen functional groups attached to an aromatic ring is 1. The highest BCUT2D eigenvalue weighted by atomic mass is 14.8. The van der Waals surface area contributed by atoms with E-state index < -0.39 is 0 Å². The molecule has 0 aliphatic rings. The maximum atomic E-state index is 9.37. The molecule has 0 fully saturated rings. The van der Waals surface area contributed by atoms with Crippen LogP contribution >= 0.6 is 0 Å². The van der Waals surface area contributed by atoms with Crippen LogP contribution in [0, 0.1) is 18.3 Å². The summed E-state index contributed by atoms with van der Waals surface area (Å²) in [6, 6.07) is 11.9. The molecule has 0 amide bonds. The van der Waals surface area contributed by atoms with Gasteiger partial charge < -0.3 is 5.73 Å². The summed E-state index contributed by atoms with van der Waals surface area (Å²) in [5.74, 6) is 0.258. The average Bonchev–Trinajstić information content (AvgIpc) is 2.49. The third kappa shape index (κ3) is 1.77. The predicted molar refractivity (Wildman–Crippen MR) is 78.8 cm³/mol. The number of para-hydroxylation sites is 1. The number of fused-ring (bicyclic) bond motifs is 1. The molecule has 3 rings (SSSR count). The molecule has 96 valence electrons. The second kappa shape index (κ2) is 4.63. The Morgan fingerprint density at radius 2 is 1.95 bits per heavy atom. The molecule has 0 unspecified atom stereocenters. The molecule has 2 N–H and O–H groups in total. The molecule has 0 aliphatic heterocycles. The summed E-state index contributed by atoms with van der Waals surface area (Å²) < 4.78 is 0. The maximum absolute atomic E-state index is 9.37. The summed E-state index contributed by atoms with van der Waals surface area (Å²) in [6.07, 6.45) is 3.44. The SMILES string of the molecule is Cc1cnc(N)c(C#N)c1-c1ccnc2ccccc12. The summed E-state index contributed by atoms with van der Waals surface area (Å²) in [6.45, 7) is 1.93. The number of nitrogens with zero attached hydrogens (tertiary/aromatic N) is 3. The monoisotopic (exact) mass is 260 g/mol. The van der Waals surface area contributed by atoms with E-state index in [0.717, 1.165) is 27.6 Å². The number of anilines is 1. The van der Waals surface area contributed by atoms with Gasteiger partial charge in [0, 0.05) is 23.3 Å². The first-order chi connectivity index (χ1) is 9.72. The molecule has 0 spiro atoms. The zero-order valence-electron chi connectivity index (χ0n) is 11.0. The maximum Gasteiger partial charge on any atom is 0.141 e. The van der Waals surface area contributed by atoms with Crippen molar-refractivity contribution in [3.05, 3.63) is 53.9 Å². The van der Waals surface area contributed by atoms with Crippen molar-refractivity contribution < 1.29 is 0 Å². The van der Waals surface area contributed by atoms with Crippen LogP contribution in [0.1, 0.15) is 11.1 Å². The Hall–Kier alpha value is -2.93. The van der Waals surface area contributed by atoms with Crippen molar-refractivity contribution in [1.82, 2.24) is 9.97 Å². The van der Waals surface area contributed by atoms with Crippen LogP contribution in [0.3, 0.4) is 0 Å². The third-order valence-electron chi connectivity index (χ3n) is 3.33. The number of nitriles is 1. The molecular weight excluding hydrogens is 248 g/mol. The highest BCUT2D eigenvalue weighted by Crippen LogP contribution is 2.33. The van der Waals surface area contributed by atoms with E-state index in [0.29, 0.717) is 5.56 Å². The van der Waals surface area contributed by atoms with Crippen LogP contribution in [0.25, 0.3) is 22.0 Å². The normalized spacial score (nSPS) is 10.4. The first-order valence-corrected chi connectivity index (χ1v) is 6.21. The molecule has 3 aromatic rings. The molecule has 0 bridgehead atoms. The van der Waals surface area contributed by atoms with Gasteiger partial charge in [0.2, 0.25) is 0 Å². The van der Waals surface area contributed by atoms with Crippen LogP contribution in [-0.4, -0.2) is 9.97 Å². The molecule has 0 atom stereocenters. The Balaban J connectivity index is 2.44. The average molecular weight is 260 g/mol. The predicted octanol–water partition coefficient (Wildman–Crippen LogP) is 3.06. The number of hydrogen-bond donors (Lipinski definition) is 1. The number of hydrogen-bond acceptors (Lipinski definition) is 4. The molecule has 0 saturated heterocycles. The summed E-state index contributed by atoms with van der Waals surface area (Å²) in [4.78, 5) is 8.40. The molecule has 4 nitrogen and oxygen atoms in total. The van der Waals surface area contributed by atoms with E-state index in [1.165, 1.54) is 0 Å². The zero-order chi connectivity index (χ0) is 14.1. The second-order valence-electron chi connectivity index (χ2n) is 4.56. The first-order valence-electron chi connectivity index (χ1n) is 6.21. The second-order valence-corrected chi connectivity index (χ2v) is 4.56. The smallest absolute Gasteiger partial charge is 0.141 e. The molecular formula is C16H12N4. The van der Waals surface area contributed by atoms with E-state index in [-0.39, 0.29) is 5.82 Å². The van der Waals surface area contributed by atoms with E-state index in [1.807, 2.05) is 37.3 Å². The van der Waals surface area contributed by atoms with Crippen LogP contribution in [0.2, 0.25) is 0 Å². The van der Waals surface area contributed by atoms with Gasteiger partial charge in [-0.15, -0.1) is 0 Å². The van der Waals surface area contributed by atoms with Gasteiger partial charge in [0.15, 0.2) is 0 Å². The summed E-state index contributed by atoms with van der Waals surface area (Å²) in [7, 11) is 0. The zero-order valence-corrected chi connectivity index (χ0v) is 11.0. The third-order valence-corrected chi connectivity index (χ3v) is 3.33. The Bertz CT molecular complexity index is 841. The summed E-state index contributed by atoms with van der Waals surface area (Å²) >= 11 is 0. The van der Waals surface area contributed by atoms with Gasteiger partial charge in [0.05, 0.1) is 5.52 Å². The molecule has 1 aromatic carbocycles.